The Labute approximate surface area is 162 Å². The molecule has 28 heavy (non-hydrogen) atoms. The van der Waals surface area contributed by atoms with Crippen LogP contribution in [0.15, 0.2) is 42.5 Å². The third-order valence-corrected chi connectivity index (χ3v) is 4.43. The highest BCUT2D eigenvalue weighted by Crippen LogP contribution is 2.24. The van der Waals surface area contributed by atoms with Crippen LogP contribution >= 0.6 is 0 Å². The van der Waals surface area contributed by atoms with E-state index < -0.39 is 11.9 Å². The summed E-state index contributed by atoms with van der Waals surface area (Å²) in [5.74, 6) is -1.44. The molecule has 0 unspecified atom stereocenters. The average molecular weight is 378 g/mol. The van der Waals surface area contributed by atoms with Gasteiger partial charge in [0.15, 0.2) is 0 Å². The molecular weight excluding hydrogens is 360 g/mol. The first-order valence-electron chi connectivity index (χ1n) is 8.71. The number of amides is 2. The van der Waals surface area contributed by atoms with E-state index in [1.54, 1.807) is 31.4 Å². The molecule has 2 aromatic carbocycles. The van der Waals surface area contributed by atoms with Crippen LogP contribution in [0.3, 0.4) is 0 Å². The Hall–Kier alpha value is -3.50. The van der Waals surface area contributed by atoms with Crippen LogP contribution in [0, 0.1) is 11.3 Å². The van der Waals surface area contributed by atoms with Crippen molar-refractivity contribution in [1.82, 2.24) is 4.90 Å². The Morgan fingerprint density at radius 3 is 2.61 bits per heavy atom. The largest absolute Gasteiger partial charge is 0.457 e. The summed E-state index contributed by atoms with van der Waals surface area (Å²) in [6.45, 7) is 0.635. The van der Waals surface area contributed by atoms with Crippen LogP contribution in [-0.4, -0.2) is 42.9 Å². The molecule has 0 saturated heterocycles. The van der Waals surface area contributed by atoms with Crippen LogP contribution < -0.4 is 0 Å². The van der Waals surface area contributed by atoms with Gasteiger partial charge in [-0.15, -0.1) is 0 Å². The van der Waals surface area contributed by atoms with Crippen molar-refractivity contribution in [3.63, 3.8) is 0 Å². The fourth-order valence-corrected chi connectivity index (χ4v) is 2.97. The van der Waals surface area contributed by atoms with E-state index in [1.807, 2.05) is 6.07 Å². The van der Waals surface area contributed by atoms with Crippen molar-refractivity contribution >= 4 is 17.8 Å². The molecule has 2 aromatic rings. The number of hydrogen-bond acceptors (Lipinski definition) is 6. The fourth-order valence-electron chi connectivity index (χ4n) is 2.97. The molecule has 0 fully saturated rings. The first-order valence-corrected chi connectivity index (χ1v) is 8.71. The standard InChI is InChI=1S/C21H18N2O5/c1-27-10-4-9-23-19(24)17-8-7-14(11-18(17)20(23)25)21(26)28-13-16-6-3-2-5-15(16)12-22/h2-3,5-8,11H,4,9-10,13H2,1H3. The molecule has 0 spiro atoms. The highest BCUT2D eigenvalue weighted by molar-refractivity contribution is 6.21. The van der Waals surface area contributed by atoms with Crippen LogP contribution in [0.1, 0.15) is 48.6 Å². The second kappa shape index (κ2) is 8.46. The highest BCUT2D eigenvalue weighted by atomic mass is 16.5. The number of nitriles is 1. The first kappa shape index (κ1) is 19.3. The summed E-state index contributed by atoms with van der Waals surface area (Å²) in [4.78, 5) is 38.4. The van der Waals surface area contributed by atoms with Gasteiger partial charge in [-0.3, -0.25) is 14.5 Å². The van der Waals surface area contributed by atoms with Gasteiger partial charge in [0.05, 0.1) is 28.3 Å². The maximum Gasteiger partial charge on any atom is 0.338 e. The molecule has 7 heteroatoms. The van der Waals surface area contributed by atoms with Crippen LogP contribution in [0.2, 0.25) is 0 Å². The van der Waals surface area contributed by atoms with Crippen molar-refractivity contribution in [3.05, 3.63) is 70.3 Å². The Morgan fingerprint density at radius 2 is 1.86 bits per heavy atom. The molecule has 3 rings (SSSR count). The number of imide groups is 1. The maximum atomic E-state index is 12.5. The Bertz CT molecular complexity index is 977. The molecule has 2 amide bonds. The van der Waals surface area contributed by atoms with Gasteiger partial charge in [0.2, 0.25) is 0 Å². The zero-order chi connectivity index (χ0) is 20.1. The lowest BCUT2D eigenvalue weighted by Crippen LogP contribution is -2.31. The topological polar surface area (TPSA) is 96.7 Å². The normalized spacial score (nSPS) is 12.6. The van der Waals surface area contributed by atoms with E-state index in [0.717, 1.165) is 4.90 Å². The number of methoxy groups -OCH3 is 1. The number of hydrogen-bond donors (Lipinski definition) is 0. The molecule has 0 aromatic heterocycles. The van der Waals surface area contributed by atoms with Crippen LogP contribution in [0.4, 0.5) is 0 Å². The molecule has 0 saturated carbocycles. The van der Waals surface area contributed by atoms with E-state index in [2.05, 4.69) is 0 Å². The number of carbonyl (C=O) groups excluding carboxylic acids is 3. The smallest absolute Gasteiger partial charge is 0.338 e. The Kier molecular flexibility index (Phi) is 5.82. The molecule has 0 N–H and O–H groups in total. The monoisotopic (exact) mass is 378 g/mol. The van der Waals surface area contributed by atoms with Crippen LogP contribution in [0.5, 0.6) is 0 Å². The van der Waals surface area contributed by atoms with Gasteiger partial charge in [-0.1, -0.05) is 18.2 Å². The van der Waals surface area contributed by atoms with Crippen LogP contribution in [0.25, 0.3) is 0 Å². The number of fused-ring (bicyclic) bond motifs is 1. The van der Waals surface area contributed by atoms with E-state index in [1.165, 1.54) is 18.2 Å². The van der Waals surface area contributed by atoms with Gasteiger partial charge in [-0.25, -0.2) is 4.79 Å². The quantitative estimate of drug-likeness (QED) is 0.417. The molecule has 0 aliphatic carbocycles. The summed E-state index contributed by atoms with van der Waals surface area (Å²) >= 11 is 0. The minimum absolute atomic E-state index is 0.0599. The maximum absolute atomic E-state index is 12.5. The van der Waals surface area contributed by atoms with E-state index in [0.29, 0.717) is 24.2 Å². The third kappa shape index (κ3) is 3.77. The second-order valence-corrected chi connectivity index (χ2v) is 6.21. The third-order valence-electron chi connectivity index (χ3n) is 4.43. The van der Waals surface area contributed by atoms with E-state index in [-0.39, 0.29) is 35.7 Å². The Balaban J connectivity index is 1.72. The lowest BCUT2D eigenvalue weighted by atomic mass is 10.1. The number of benzene rings is 2. The molecule has 7 nitrogen and oxygen atoms in total. The van der Waals surface area contributed by atoms with Gasteiger partial charge < -0.3 is 9.47 Å². The molecule has 0 bridgehead atoms. The molecule has 1 aliphatic heterocycles. The molecule has 1 heterocycles. The zero-order valence-corrected chi connectivity index (χ0v) is 15.3. The predicted molar refractivity (Wildman–Crippen MR) is 98.6 cm³/mol. The average Bonchev–Trinajstić information content (AvgIpc) is 2.96. The van der Waals surface area contributed by atoms with E-state index >= 15 is 0 Å². The lowest BCUT2D eigenvalue weighted by molar-refractivity contribution is 0.0472. The summed E-state index contributed by atoms with van der Waals surface area (Å²) in [5.41, 5.74) is 1.66. The van der Waals surface area contributed by atoms with Gasteiger partial charge in [0, 0.05) is 25.8 Å². The summed E-state index contributed by atoms with van der Waals surface area (Å²) in [5, 5.41) is 9.09. The predicted octanol–water partition coefficient (Wildman–Crippen LogP) is 2.55. The van der Waals surface area contributed by atoms with E-state index in [4.69, 9.17) is 14.7 Å². The first-order chi connectivity index (χ1) is 13.6. The lowest BCUT2D eigenvalue weighted by Gasteiger charge is -2.12. The van der Waals surface area contributed by atoms with Gasteiger partial charge in [-0.05, 0) is 30.7 Å². The number of carbonyl (C=O) groups is 3. The van der Waals surface area contributed by atoms with Crippen molar-refractivity contribution in [1.29, 1.82) is 5.26 Å². The summed E-state index contributed by atoms with van der Waals surface area (Å²) in [6.07, 6.45) is 0.537. The summed E-state index contributed by atoms with van der Waals surface area (Å²) in [7, 11) is 1.55. The van der Waals surface area contributed by atoms with Crippen molar-refractivity contribution in [2.45, 2.75) is 13.0 Å². The minimum Gasteiger partial charge on any atom is -0.457 e. The summed E-state index contributed by atoms with van der Waals surface area (Å²) in [6, 6.07) is 13.2. The van der Waals surface area contributed by atoms with Crippen molar-refractivity contribution in [3.8, 4) is 6.07 Å². The number of rotatable bonds is 7. The molecule has 142 valence electrons. The van der Waals surface area contributed by atoms with Gasteiger partial charge in [-0.2, -0.15) is 5.26 Å². The number of ether oxygens (including phenoxy) is 2. The summed E-state index contributed by atoms with van der Waals surface area (Å²) < 4.78 is 10.2. The highest BCUT2D eigenvalue weighted by Gasteiger charge is 2.35. The molecule has 0 radical (unpaired) electrons. The van der Waals surface area contributed by atoms with Gasteiger partial charge >= 0.3 is 5.97 Å². The zero-order valence-electron chi connectivity index (χ0n) is 15.3. The fraction of sp³-hybridized carbons (Fsp3) is 0.238. The SMILES string of the molecule is COCCCN1C(=O)c2ccc(C(=O)OCc3ccccc3C#N)cc2C1=O. The molecule has 1 aliphatic rings. The van der Waals surface area contributed by atoms with Gasteiger partial charge in [0.25, 0.3) is 11.8 Å². The van der Waals surface area contributed by atoms with E-state index in [9.17, 15) is 14.4 Å². The molecule has 0 atom stereocenters. The van der Waals surface area contributed by atoms with Crippen molar-refractivity contribution < 1.29 is 23.9 Å². The molecular formula is C21H18N2O5. The number of esters is 1. The van der Waals surface area contributed by atoms with Crippen LogP contribution in [-0.2, 0) is 16.1 Å². The van der Waals surface area contributed by atoms with Crippen molar-refractivity contribution in [2.24, 2.45) is 0 Å². The van der Waals surface area contributed by atoms with Gasteiger partial charge in [0.1, 0.15) is 6.61 Å². The number of nitrogens with zero attached hydrogens (tertiary/aromatic N) is 2. The second-order valence-electron chi connectivity index (χ2n) is 6.21. The Morgan fingerprint density at radius 1 is 1.11 bits per heavy atom. The van der Waals surface area contributed by atoms with Crippen molar-refractivity contribution in [2.75, 3.05) is 20.3 Å². The minimum atomic E-state index is -0.631.